The summed E-state index contributed by atoms with van der Waals surface area (Å²) < 4.78 is 5.67. The number of amides is 1. The molecule has 3 aromatic carbocycles. The fourth-order valence-corrected chi connectivity index (χ4v) is 4.33. The first-order chi connectivity index (χ1) is 15.6. The predicted octanol–water partition coefficient (Wildman–Crippen LogP) is 6.76. The minimum absolute atomic E-state index is 0.0702. The van der Waals surface area contributed by atoms with Gasteiger partial charge in [-0.25, -0.2) is 4.98 Å². The number of carbonyl (C=O) groups excluding carboxylic acids is 1. The Morgan fingerprint density at radius 3 is 2.34 bits per heavy atom. The average molecular weight is 443 g/mol. The maximum Gasteiger partial charge on any atom is 0.227 e. The van der Waals surface area contributed by atoms with Gasteiger partial charge in [-0.3, -0.25) is 4.79 Å². The number of hydrogen-bond donors (Lipinski definition) is 1. The van der Waals surface area contributed by atoms with Crippen molar-refractivity contribution >= 4 is 22.9 Å². The Morgan fingerprint density at radius 1 is 0.938 bits per heavy atom. The molecule has 1 amide bonds. The summed E-state index contributed by atoms with van der Waals surface area (Å²) in [7, 11) is 0. The molecular formula is C27H26N2O2S. The predicted molar refractivity (Wildman–Crippen MR) is 132 cm³/mol. The normalized spacial score (nSPS) is 10.7. The van der Waals surface area contributed by atoms with Gasteiger partial charge in [0.15, 0.2) is 0 Å². The number of hydrogen-bond acceptors (Lipinski definition) is 4. The second-order valence-electron chi connectivity index (χ2n) is 7.51. The molecule has 4 aromatic rings. The van der Waals surface area contributed by atoms with E-state index in [1.807, 2.05) is 66.7 Å². The van der Waals surface area contributed by atoms with Gasteiger partial charge < -0.3 is 10.1 Å². The largest absolute Gasteiger partial charge is 0.493 e. The maximum atomic E-state index is 12.3. The molecule has 0 saturated carbocycles. The van der Waals surface area contributed by atoms with E-state index in [9.17, 15) is 4.79 Å². The summed E-state index contributed by atoms with van der Waals surface area (Å²) in [5.74, 6) is 0.715. The molecule has 1 heterocycles. The Kier molecular flexibility index (Phi) is 6.97. The number of aromatic nitrogens is 1. The summed E-state index contributed by atoms with van der Waals surface area (Å²) in [5, 5.41) is 3.95. The van der Waals surface area contributed by atoms with E-state index in [-0.39, 0.29) is 5.91 Å². The van der Waals surface area contributed by atoms with Crippen LogP contribution in [0.1, 0.15) is 23.8 Å². The van der Waals surface area contributed by atoms with Crippen LogP contribution in [0.2, 0.25) is 0 Å². The standard InChI is InChI=1S/C27H26N2O2S/c1-3-20-9-15-24(16-10-20)31-18-17-25(30)28-23-13-11-21(12-14-23)26-19(2)32-27(29-26)22-7-5-4-6-8-22/h4-16H,3,17-18H2,1-2H3,(H,28,30). The van der Waals surface area contributed by atoms with Gasteiger partial charge in [0.25, 0.3) is 0 Å². The van der Waals surface area contributed by atoms with E-state index >= 15 is 0 Å². The van der Waals surface area contributed by atoms with Crippen molar-refractivity contribution in [3.8, 4) is 27.6 Å². The van der Waals surface area contributed by atoms with Crippen LogP contribution in [0, 0.1) is 6.92 Å². The van der Waals surface area contributed by atoms with Crippen molar-refractivity contribution in [1.29, 1.82) is 0 Å². The Hall–Kier alpha value is -3.44. The van der Waals surface area contributed by atoms with Crippen LogP contribution in [-0.2, 0) is 11.2 Å². The Bertz CT molecular complexity index is 1170. The third-order valence-corrected chi connectivity index (χ3v) is 6.21. The van der Waals surface area contributed by atoms with E-state index in [1.165, 1.54) is 10.4 Å². The van der Waals surface area contributed by atoms with E-state index in [1.54, 1.807) is 11.3 Å². The summed E-state index contributed by atoms with van der Waals surface area (Å²) in [6.07, 6.45) is 1.29. The van der Waals surface area contributed by atoms with Gasteiger partial charge in [0.05, 0.1) is 18.7 Å². The SMILES string of the molecule is CCc1ccc(OCCC(=O)Nc2ccc(-c3nc(-c4ccccc4)sc3C)cc2)cc1. The van der Waals surface area contributed by atoms with E-state index in [0.717, 1.165) is 39.7 Å². The van der Waals surface area contributed by atoms with Gasteiger partial charge in [-0.1, -0.05) is 61.5 Å². The minimum Gasteiger partial charge on any atom is -0.493 e. The van der Waals surface area contributed by atoms with Crippen LogP contribution in [0.5, 0.6) is 5.75 Å². The second kappa shape index (κ2) is 10.2. The smallest absolute Gasteiger partial charge is 0.227 e. The lowest BCUT2D eigenvalue weighted by Gasteiger charge is -2.08. The fourth-order valence-electron chi connectivity index (χ4n) is 3.39. The molecule has 0 aliphatic rings. The Morgan fingerprint density at radius 2 is 1.66 bits per heavy atom. The van der Waals surface area contributed by atoms with Gasteiger partial charge in [0, 0.05) is 21.7 Å². The van der Waals surface area contributed by atoms with Gasteiger partial charge in [0.2, 0.25) is 5.91 Å². The van der Waals surface area contributed by atoms with Crippen molar-refractivity contribution in [1.82, 2.24) is 4.98 Å². The summed E-state index contributed by atoms with van der Waals surface area (Å²) in [6, 6.07) is 26.0. The molecule has 5 heteroatoms. The zero-order chi connectivity index (χ0) is 22.3. The average Bonchev–Trinajstić information content (AvgIpc) is 3.22. The molecule has 4 nitrogen and oxygen atoms in total. The number of nitrogens with one attached hydrogen (secondary N) is 1. The lowest BCUT2D eigenvalue weighted by Crippen LogP contribution is -2.15. The molecule has 0 spiro atoms. The monoisotopic (exact) mass is 442 g/mol. The number of aryl methyl sites for hydroxylation is 2. The topological polar surface area (TPSA) is 51.2 Å². The van der Waals surface area contributed by atoms with Crippen LogP contribution in [-0.4, -0.2) is 17.5 Å². The number of benzene rings is 3. The van der Waals surface area contributed by atoms with E-state index in [0.29, 0.717) is 13.0 Å². The number of thiazole rings is 1. The van der Waals surface area contributed by atoms with E-state index in [4.69, 9.17) is 9.72 Å². The van der Waals surface area contributed by atoms with Crippen molar-refractivity contribution in [2.75, 3.05) is 11.9 Å². The van der Waals surface area contributed by atoms with Crippen molar-refractivity contribution < 1.29 is 9.53 Å². The Labute approximate surface area is 192 Å². The molecule has 162 valence electrons. The lowest BCUT2D eigenvalue weighted by molar-refractivity contribution is -0.116. The van der Waals surface area contributed by atoms with Crippen LogP contribution in [0.3, 0.4) is 0 Å². The first-order valence-electron chi connectivity index (χ1n) is 10.8. The summed E-state index contributed by atoms with van der Waals surface area (Å²) in [5.41, 5.74) is 5.18. The molecule has 0 aliphatic heterocycles. The molecule has 0 atom stereocenters. The highest BCUT2D eigenvalue weighted by atomic mass is 32.1. The van der Waals surface area contributed by atoms with Gasteiger partial charge in [-0.15, -0.1) is 11.3 Å². The molecule has 0 bridgehead atoms. The van der Waals surface area contributed by atoms with Gasteiger partial charge in [-0.05, 0) is 43.2 Å². The molecule has 1 N–H and O–H groups in total. The third kappa shape index (κ3) is 5.42. The molecule has 4 rings (SSSR count). The highest BCUT2D eigenvalue weighted by molar-refractivity contribution is 7.15. The molecule has 0 saturated heterocycles. The van der Waals surface area contributed by atoms with Gasteiger partial charge in [0.1, 0.15) is 10.8 Å². The Balaban J connectivity index is 1.32. The van der Waals surface area contributed by atoms with Crippen molar-refractivity contribution in [3.63, 3.8) is 0 Å². The van der Waals surface area contributed by atoms with Crippen molar-refractivity contribution in [3.05, 3.63) is 89.3 Å². The van der Waals surface area contributed by atoms with E-state index in [2.05, 4.69) is 31.3 Å². The number of nitrogens with zero attached hydrogens (tertiary/aromatic N) is 1. The van der Waals surface area contributed by atoms with Gasteiger partial charge >= 0.3 is 0 Å². The number of carbonyl (C=O) groups is 1. The molecule has 0 radical (unpaired) electrons. The highest BCUT2D eigenvalue weighted by Crippen LogP contribution is 2.33. The van der Waals surface area contributed by atoms with Gasteiger partial charge in [-0.2, -0.15) is 0 Å². The van der Waals surface area contributed by atoms with Crippen LogP contribution >= 0.6 is 11.3 Å². The maximum absolute atomic E-state index is 12.3. The third-order valence-electron chi connectivity index (χ3n) is 5.19. The molecule has 1 aromatic heterocycles. The molecule has 32 heavy (non-hydrogen) atoms. The quantitative estimate of drug-likeness (QED) is 0.328. The zero-order valence-electron chi connectivity index (χ0n) is 18.3. The highest BCUT2D eigenvalue weighted by Gasteiger charge is 2.11. The number of ether oxygens (including phenoxy) is 1. The number of anilines is 1. The minimum atomic E-state index is -0.0702. The first-order valence-corrected chi connectivity index (χ1v) is 11.6. The zero-order valence-corrected chi connectivity index (χ0v) is 19.1. The molecular weight excluding hydrogens is 416 g/mol. The van der Waals surface area contributed by atoms with Crippen LogP contribution in [0.4, 0.5) is 5.69 Å². The van der Waals surface area contributed by atoms with Crippen LogP contribution in [0.15, 0.2) is 78.9 Å². The van der Waals surface area contributed by atoms with Crippen molar-refractivity contribution in [2.45, 2.75) is 26.7 Å². The van der Waals surface area contributed by atoms with Crippen LogP contribution < -0.4 is 10.1 Å². The second-order valence-corrected chi connectivity index (χ2v) is 8.71. The van der Waals surface area contributed by atoms with Crippen LogP contribution in [0.25, 0.3) is 21.8 Å². The van der Waals surface area contributed by atoms with E-state index < -0.39 is 0 Å². The fraction of sp³-hybridized carbons (Fsp3) is 0.185. The first kappa shape index (κ1) is 21.8. The number of rotatable bonds is 8. The molecule has 0 unspecified atom stereocenters. The molecule has 0 aliphatic carbocycles. The van der Waals surface area contributed by atoms with Crippen molar-refractivity contribution in [2.24, 2.45) is 0 Å². The summed E-state index contributed by atoms with van der Waals surface area (Å²) in [6.45, 7) is 4.55. The lowest BCUT2D eigenvalue weighted by atomic mass is 10.1. The molecule has 0 fully saturated rings. The summed E-state index contributed by atoms with van der Waals surface area (Å²) >= 11 is 1.69. The summed E-state index contributed by atoms with van der Waals surface area (Å²) in [4.78, 5) is 18.3.